The average Bonchev–Trinajstić information content (AvgIpc) is 2.83. The van der Waals surface area contributed by atoms with Gasteiger partial charge in [0.15, 0.2) is 0 Å². The van der Waals surface area contributed by atoms with E-state index in [0.29, 0.717) is 6.04 Å². The highest BCUT2D eigenvalue weighted by molar-refractivity contribution is 9.10. The van der Waals surface area contributed by atoms with Gasteiger partial charge in [-0.25, -0.2) is 0 Å². The zero-order valence-corrected chi connectivity index (χ0v) is 12.1. The van der Waals surface area contributed by atoms with Crippen molar-refractivity contribution in [1.29, 1.82) is 0 Å². The number of hydrogen-bond donors (Lipinski definition) is 1. The van der Waals surface area contributed by atoms with Crippen LogP contribution in [0.3, 0.4) is 0 Å². The van der Waals surface area contributed by atoms with E-state index < -0.39 is 0 Å². The lowest BCUT2D eigenvalue weighted by Crippen LogP contribution is -2.33. The van der Waals surface area contributed by atoms with Crippen molar-refractivity contribution in [2.24, 2.45) is 0 Å². The van der Waals surface area contributed by atoms with Gasteiger partial charge in [-0.3, -0.25) is 0 Å². The largest absolute Gasteiger partial charge is 0.308 e. The maximum Gasteiger partial charge on any atom is 0.0327 e. The maximum atomic E-state index is 3.69. The molecule has 1 heterocycles. The Kier molecular flexibility index (Phi) is 4.55. The molecule has 1 aliphatic rings. The molecule has 1 aliphatic carbocycles. The lowest BCUT2D eigenvalue weighted by molar-refractivity contribution is 0.535. The van der Waals surface area contributed by atoms with Gasteiger partial charge in [-0.05, 0) is 46.5 Å². The lowest BCUT2D eigenvalue weighted by Gasteiger charge is -2.18. The number of halogens is 1. The van der Waals surface area contributed by atoms with Crippen molar-refractivity contribution in [3.8, 4) is 0 Å². The molecule has 2 unspecified atom stereocenters. The predicted molar refractivity (Wildman–Crippen MR) is 73.8 cm³/mol. The lowest BCUT2D eigenvalue weighted by atomic mass is 10.2. The van der Waals surface area contributed by atoms with Crippen LogP contribution in [0.2, 0.25) is 0 Å². The van der Waals surface area contributed by atoms with Crippen molar-refractivity contribution in [1.82, 2.24) is 5.32 Å². The van der Waals surface area contributed by atoms with Crippen molar-refractivity contribution in [3.63, 3.8) is 0 Å². The molecule has 1 saturated carbocycles. The van der Waals surface area contributed by atoms with Gasteiger partial charge in [-0.15, -0.1) is 11.3 Å². The summed E-state index contributed by atoms with van der Waals surface area (Å²) in [7, 11) is 0. The van der Waals surface area contributed by atoms with E-state index in [4.69, 9.17) is 0 Å². The number of thiophene rings is 1. The van der Waals surface area contributed by atoms with Crippen molar-refractivity contribution in [3.05, 3.63) is 20.8 Å². The summed E-state index contributed by atoms with van der Waals surface area (Å²) in [6.07, 6.45) is 6.33. The van der Waals surface area contributed by atoms with Gasteiger partial charge in [0.25, 0.3) is 0 Å². The van der Waals surface area contributed by atoms with E-state index in [1.807, 2.05) is 23.1 Å². The zero-order valence-electron chi connectivity index (χ0n) is 8.83. The van der Waals surface area contributed by atoms with Crippen LogP contribution >= 0.6 is 39.0 Å². The van der Waals surface area contributed by atoms with Crippen molar-refractivity contribution >= 4 is 39.0 Å². The third-order valence-electron chi connectivity index (χ3n) is 2.97. The summed E-state index contributed by atoms with van der Waals surface area (Å²) in [5, 5.41) is 6.65. The highest BCUT2D eigenvalue weighted by Crippen LogP contribution is 2.29. The minimum absolute atomic E-state index is 0.717. The second-order valence-corrected chi connectivity index (χ2v) is 6.82. The fourth-order valence-corrected chi connectivity index (χ4v) is 4.52. The molecule has 0 spiro atoms. The molecule has 4 heteroatoms. The van der Waals surface area contributed by atoms with E-state index in [0.717, 1.165) is 11.8 Å². The van der Waals surface area contributed by atoms with E-state index in [1.165, 1.54) is 28.6 Å². The molecule has 0 aromatic carbocycles. The minimum Gasteiger partial charge on any atom is -0.308 e. The van der Waals surface area contributed by atoms with Crippen molar-refractivity contribution in [2.45, 2.75) is 37.1 Å². The minimum atomic E-state index is 0.717. The molecule has 0 aliphatic heterocycles. The van der Waals surface area contributed by atoms with Crippen LogP contribution < -0.4 is 5.32 Å². The van der Waals surface area contributed by atoms with Gasteiger partial charge >= 0.3 is 0 Å². The summed E-state index contributed by atoms with van der Waals surface area (Å²) >= 11 is 7.41. The third kappa shape index (κ3) is 2.99. The van der Waals surface area contributed by atoms with Crippen LogP contribution in [0.15, 0.2) is 15.9 Å². The first kappa shape index (κ1) is 12.0. The van der Waals surface area contributed by atoms with E-state index in [2.05, 4.69) is 38.9 Å². The predicted octanol–water partition coefficient (Wildman–Crippen LogP) is 3.88. The molecule has 0 saturated heterocycles. The number of hydrogen-bond acceptors (Lipinski definition) is 3. The zero-order chi connectivity index (χ0) is 10.7. The molecule has 15 heavy (non-hydrogen) atoms. The Bertz CT molecular complexity index is 313. The fraction of sp³-hybridized carbons (Fsp3) is 0.636. The van der Waals surface area contributed by atoms with Gasteiger partial charge in [0, 0.05) is 27.2 Å². The Labute approximate surface area is 108 Å². The summed E-state index contributed by atoms with van der Waals surface area (Å²) in [5.74, 6) is 0. The number of rotatable bonds is 4. The molecule has 84 valence electrons. The maximum absolute atomic E-state index is 3.69. The van der Waals surface area contributed by atoms with E-state index in [1.54, 1.807) is 0 Å². The van der Waals surface area contributed by atoms with Crippen LogP contribution in [-0.2, 0) is 6.54 Å². The van der Waals surface area contributed by atoms with Gasteiger partial charge in [0.2, 0.25) is 0 Å². The Hall–Kier alpha value is 0.490. The van der Waals surface area contributed by atoms with Gasteiger partial charge in [0.1, 0.15) is 0 Å². The van der Waals surface area contributed by atoms with Crippen LogP contribution in [0.5, 0.6) is 0 Å². The van der Waals surface area contributed by atoms with Crippen LogP contribution in [0.4, 0.5) is 0 Å². The SMILES string of the molecule is CSC1CCCC1NCc1sccc1Br. The topological polar surface area (TPSA) is 12.0 Å². The second kappa shape index (κ2) is 5.71. The van der Waals surface area contributed by atoms with Crippen LogP contribution in [0, 0.1) is 0 Å². The molecular formula is C11H16BrNS2. The molecule has 2 atom stereocenters. The van der Waals surface area contributed by atoms with Crippen molar-refractivity contribution in [2.75, 3.05) is 6.26 Å². The smallest absolute Gasteiger partial charge is 0.0327 e. The number of nitrogens with one attached hydrogen (secondary N) is 1. The van der Waals surface area contributed by atoms with E-state index >= 15 is 0 Å². The van der Waals surface area contributed by atoms with Gasteiger partial charge in [-0.1, -0.05) is 6.42 Å². The monoisotopic (exact) mass is 305 g/mol. The molecule has 0 radical (unpaired) electrons. The first-order valence-corrected chi connectivity index (χ1v) is 8.25. The molecule has 1 N–H and O–H groups in total. The van der Waals surface area contributed by atoms with Crippen LogP contribution in [0.25, 0.3) is 0 Å². The summed E-state index contributed by atoms with van der Waals surface area (Å²) in [6, 6.07) is 2.84. The summed E-state index contributed by atoms with van der Waals surface area (Å²) < 4.78 is 1.25. The highest BCUT2D eigenvalue weighted by Gasteiger charge is 2.25. The molecule has 1 fully saturated rings. The first-order chi connectivity index (χ1) is 7.31. The summed E-state index contributed by atoms with van der Waals surface area (Å²) in [6.45, 7) is 1.01. The molecule has 0 amide bonds. The Morgan fingerprint density at radius 1 is 1.60 bits per heavy atom. The van der Waals surface area contributed by atoms with E-state index in [9.17, 15) is 0 Å². The third-order valence-corrected chi connectivity index (χ3v) is 6.07. The second-order valence-electron chi connectivity index (χ2n) is 3.88. The first-order valence-electron chi connectivity index (χ1n) is 5.29. The van der Waals surface area contributed by atoms with Crippen LogP contribution in [-0.4, -0.2) is 17.5 Å². The fourth-order valence-electron chi connectivity index (χ4n) is 2.12. The van der Waals surface area contributed by atoms with Gasteiger partial charge in [0.05, 0.1) is 0 Å². The highest BCUT2D eigenvalue weighted by atomic mass is 79.9. The summed E-state index contributed by atoms with van der Waals surface area (Å²) in [4.78, 5) is 1.42. The van der Waals surface area contributed by atoms with E-state index in [-0.39, 0.29) is 0 Å². The molecule has 1 aromatic heterocycles. The molecule has 2 rings (SSSR count). The van der Waals surface area contributed by atoms with Gasteiger partial charge in [-0.2, -0.15) is 11.8 Å². The molecule has 1 nitrogen and oxygen atoms in total. The molecule has 0 bridgehead atoms. The molecular weight excluding hydrogens is 290 g/mol. The Morgan fingerprint density at radius 3 is 3.13 bits per heavy atom. The average molecular weight is 306 g/mol. The normalized spacial score (nSPS) is 26.0. The van der Waals surface area contributed by atoms with Crippen LogP contribution in [0.1, 0.15) is 24.1 Å². The Balaban J connectivity index is 1.85. The summed E-state index contributed by atoms with van der Waals surface area (Å²) in [5.41, 5.74) is 0. The number of thioether (sulfide) groups is 1. The Morgan fingerprint density at radius 2 is 2.47 bits per heavy atom. The van der Waals surface area contributed by atoms with Gasteiger partial charge < -0.3 is 5.32 Å². The van der Waals surface area contributed by atoms with Crippen molar-refractivity contribution < 1.29 is 0 Å². The quantitative estimate of drug-likeness (QED) is 0.906. The standard InChI is InChI=1S/C11H16BrNS2/c1-14-10-4-2-3-9(10)13-7-11-8(12)5-6-15-11/h5-6,9-10,13H,2-4,7H2,1H3. The molecule has 1 aromatic rings.